The summed E-state index contributed by atoms with van der Waals surface area (Å²) in [5, 5.41) is 0. The fraction of sp³-hybridized carbons (Fsp3) is 0.148. The summed E-state index contributed by atoms with van der Waals surface area (Å²) >= 11 is 1.47. The fourth-order valence-electron chi connectivity index (χ4n) is 3.86. The molecule has 0 aliphatic rings. The third kappa shape index (κ3) is 5.21. The van der Waals surface area contributed by atoms with Crippen molar-refractivity contribution < 1.29 is 18.7 Å². The molecule has 0 spiro atoms. The number of imidazole rings is 1. The molecule has 0 aliphatic heterocycles. The average Bonchev–Trinajstić information content (AvgIpc) is 3.47. The minimum atomic E-state index is -0.589. The molecular formula is C27H21FN4O3S. The molecule has 5 aromatic rings. The number of carbonyl (C=O) groups excluding carboxylic acids is 2. The summed E-state index contributed by atoms with van der Waals surface area (Å²) in [7, 11) is 1.91. The molecular weight excluding hydrogens is 479 g/mol. The smallest absolute Gasteiger partial charge is 0.166 e. The Morgan fingerprint density at radius 1 is 0.917 bits per heavy atom. The predicted molar refractivity (Wildman–Crippen MR) is 135 cm³/mol. The monoisotopic (exact) mass is 500 g/mol. The number of pyridine rings is 2. The van der Waals surface area contributed by atoms with Gasteiger partial charge in [-0.05, 0) is 41.5 Å². The van der Waals surface area contributed by atoms with E-state index >= 15 is 0 Å². The topological polar surface area (TPSA) is 87.0 Å². The highest BCUT2D eigenvalue weighted by Crippen LogP contribution is 2.39. The van der Waals surface area contributed by atoms with Crippen LogP contribution in [-0.2, 0) is 29.5 Å². The summed E-state index contributed by atoms with van der Waals surface area (Å²) in [5.41, 5.74) is 2.02. The van der Waals surface area contributed by atoms with Gasteiger partial charge in [0.1, 0.15) is 23.1 Å². The van der Waals surface area contributed by atoms with Crippen molar-refractivity contribution in [2.45, 2.75) is 19.3 Å². The number of hydrogen-bond donors (Lipinski definition) is 0. The first-order chi connectivity index (χ1) is 17.5. The maximum atomic E-state index is 14.9. The van der Waals surface area contributed by atoms with Gasteiger partial charge in [0.05, 0.1) is 21.5 Å². The Bertz CT molecular complexity index is 1560. The molecule has 0 unspecified atom stereocenters. The number of ketones is 2. The Balaban J connectivity index is 1.27. The highest BCUT2D eigenvalue weighted by Gasteiger charge is 2.16. The van der Waals surface area contributed by atoms with E-state index in [1.807, 2.05) is 23.9 Å². The standard InChI is InChI=1S/C27H21FN4O3S/c1-32-11-10-31-27(32)25-16-22-26(36-25)24(6-9-30-22)35-23-3-2-18(14-21(23)28)13-20(34)15-19(33)12-17-4-7-29-8-5-17/h2-11,14,16H,12-13,15H2,1H3. The van der Waals surface area contributed by atoms with Gasteiger partial charge in [0.25, 0.3) is 0 Å². The number of aromatic nitrogens is 4. The van der Waals surface area contributed by atoms with E-state index in [9.17, 15) is 14.0 Å². The maximum absolute atomic E-state index is 14.9. The van der Waals surface area contributed by atoms with Crippen LogP contribution in [0.1, 0.15) is 17.5 Å². The molecule has 0 radical (unpaired) electrons. The summed E-state index contributed by atoms with van der Waals surface area (Å²) in [4.78, 5) is 38.2. The van der Waals surface area contributed by atoms with Crippen LogP contribution in [0.15, 0.2) is 73.4 Å². The van der Waals surface area contributed by atoms with Crippen LogP contribution in [0.25, 0.3) is 20.9 Å². The summed E-state index contributed by atoms with van der Waals surface area (Å²) in [5.74, 6) is 0.291. The molecule has 0 saturated carbocycles. The van der Waals surface area contributed by atoms with Crippen LogP contribution in [0.2, 0.25) is 0 Å². The van der Waals surface area contributed by atoms with Crippen LogP contribution in [0.5, 0.6) is 11.5 Å². The molecule has 0 saturated heterocycles. The second-order valence-corrected chi connectivity index (χ2v) is 9.38. The minimum absolute atomic E-state index is 0.0310. The lowest BCUT2D eigenvalue weighted by Gasteiger charge is -2.09. The van der Waals surface area contributed by atoms with Crippen molar-refractivity contribution in [3.63, 3.8) is 0 Å². The molecule has 0 amide bonds. The molecule has 180 valence electrons. The number of nitrogens with zero attached hydrogens (tertiary/aromatic N) is 4. The van der Waals surface area contributed by atoms with Gasteiger partial charge in [-0.15, -0.1) is 11.3 Å². The second kappa shape index (κ2) is 10.2. The zero-order valence-corrected chi connectivity index (χ0v) is 20.2. The predicted octanol–water partition coefficient (Wildman–Crippen LogP) is 5.34. The minimum Gasteiger partial charge on any atom is -0.453 e. The summed E-state index contributed by atoms with van der Waals surface area (Å²) in [6, 6.07) is 11.5. The molecule has 4 heterocycles. The number of hydrogen-bond acceptors (Lipinski definition) is 7. The molecule has 4 aromatic heterocycles. The molecule has 0 bridgehead atoms. The normalized spacial score (nSPS) is 11.1. The number of halogens is 1. The number of aryl methyl sites for hydroxylation is 1. The second-order valence-electron chi connectivity index (χ2n) is 8.33. The third-order valence-electron chi connectivity index (χ3n) is 5.58. The number of ether oxygens (including phenoxy) is 1. The van der Waals surface area contributed by atoms with Gasteiger partial charge in [0, 0.05) is 56.9 Å². The van der Waals surface area contributed by atoms with E-state index in [-0.39, 0.29) is 36.6 Å². The lowest BCUT2D eigenvalue weighted by Crippen LogP contribution is -2.12. The van der Waals surface area contributed by atoms with Gasteiger partial charge in [-0.1, -0.05) is 6.07 Å². The zero-order chi connectivity index (χ0) is 25.1. The molecule has 7 nitrogen and oxygen atoms in total. The van der Waals surface area contributed by atoms with E-state index in [2.05, 4.69) is 15.0 Å². The molecule has 0 N–H and O–H groups in total. The molecule has 5 rings (SSSR count). The van der Waals surface area contributed by atoms with E-state index in [4.69, 9.17) is 4.74 Å². The van der Waals surface area contributed by atoms with Gasteiger partial charge >= 0.3 is 0 Å². The SMILES string of the molecule is Cn1ccnc1-c1cc2nccc(Oc3ccc(CC(=O)CC(=O)Cc4ccncc4)cc3F)c2s1. The van der Waals surface area contributed by atoms with Crippen molar-refractivity contribution in [3.8, 4) is 22.2 Å². The van der Waals surface area contributed by atoms with Gasteiger partial charge in [0.2, 0.25) is 0 Å². The van der Waals surface area contributed by atoms with Crippen LogP contribution in [0, 0.1) is 5.82 Å². The van der Waals surface area contributed by atoms with Crippen molar-refractivity contribution in [1.29, 1.82) is 0 Å². The van der Waals surface area contributed by atoms with Crippen LogP contribution in [-0.4, -0.2) is 31.1 Å². The number of rotatable bonds is 9. The van der Waals surface area contributed by atoms with E-state index < -0.39 is 5.82 Å². The number of thiophene rings is 1. The van der Waals surface area contributed by atoms with E-state index in [1.165, 1.54) is 23.5 Å². The first kappa shape index (κ1) is 23.5. The number of carbonyl (C=O) groups is 2. The number of benzene rings is 1. The van der Waals surface area contributed by atoms with Crippen LogP contribution in [0.4, 0.5) is 4.39 Å². The lowest BCUT2D eigenvalue weighted by molar-refractivity contribution is -0.126. The van der Waals surface area contributed by atoms with Crippen molar-refractivity contribution in [1.82, 2.24) is 19.5 Å². The van der Waals surface area contributed by atoms with Crippen LogP contribution < -0.4 is 4.74 Å². The average molecular weight is 501 g/mol. The number of Topliss-reactive ketones (excluding diaryl/α,β-unsaturated/α-hetero) is 2. The van der Waals surface area contributed by atoms with E-state index in [0.29, 0.717) is 11.3 Å². The maximum Gasteiger partial charge on any atom is 0.166 e. The molecule has 0 fully saturated rings. The molecule has 36 heavy (non-hydrogen) atoms. The Labute approximate surface area is 210 Å². The van der Waals surface area contributed by atoms with E-state index in [0.717, 1.165) is 26.5 Å². The first-order valence-electron chi connectivity index (χ1n) is 11.2. The van der Waals surface area contributed by atoms with Gasteiger partial charge < -0.3 is 9.30 Å². The summed E-state index contributed by atoms with van der Waals surface area (Å²) in [6.45, 7) is 0. The molecule has 0 atom stereocenters. The summed E-state index contributed by atoms with van der Waals surface area (Å²) in [6.07, 6.45) is 8.34. The molecule has 0 aliphatic carbocycles. The lowest BCUT2D eigenvalue weighted by atomic mass is 10.0. The largest absolute Gasteiger partial charge is 0.453 e. The Morgan fingerprint density at radius 2 is 1.69 bits per heavy atom. The molecule has 9 heteroatoms. The van der Waals surface area contributed by atoms with Gasteiger partial charge in [-0.2, -0.15) is 0 Å². The van der Waals surface area contributed by atoms with Gasteiger partial charge in [0.15, 0.2) is 11.6 Å². The van der Waals surface area contributed by atoms with Crippen molar-refractivity contribution in [2.75, 3.05) is 0 Å². The zero-order valence-electron chi connectivity index (χ0n) is 19.3. The quantitative estimate of drug-likeness (QED) is 0.254. The van der Waals surface area contributed by atoms with Crippen LogP contribution >= 0.6 is 11.3 Å². The van der Waals surface area contributed by atoms with Gasteiger partial charge in [-0.25, -0.2) is 9.37 Å². The van der Waals surface area contributed by atoms with E-state index in [1.54, 1.807) is 49.1 Å². The first-order valence-corrected chi connectivity index (χ1v) is 12.0. The Morgan fingerprint density at radius 3 is 2.42 bits per heavy atom. The van der Waals surface area contributed by atoms with Gasteiger partial charge in [-0.3, -0.25) is 19.6 Å². The van der Waals surface area contributed by atoms with Crippen molar-refractivity contribution in [2.24, 2.45) is 7.05 Å². The highest BCUT2D eigenvalue weighted by atomic mass is 32.1. The van der Waals surface area contributed by atoms with Crippen molar-refractivity contribution >= 4 is 33.1 Å². The van der Waals surface area contributed by atoms with Crippen molar-refractivity contribution in [3.05, 3.63) is 90.4 Å². The summed E-state index contributed by atoms with van der Waals surface area (Å²) < 4.78 is 23.5. The Kier molecular flexibility index (Phi) is 6.64. The number of fused-ring (bicyclic) bond motifs is 1. The third-order valence-corrected chi connectivity index (χ3v) is 6.71. The van der Waals surface area contributed by atoms with Crippen LogP contribution in [0.3, 0.4) is 0 Å². The molecule has 1 aromatic carbocycles. The Hall–Kier alpha value is -4.24. The fourth-order valence-corrected chi connectivity index (χ4v) is 4.97. The highest BCUT2D eigenvalue weighted by molar-refractivity contribution is 7.22.